The largest absolute Gasteiger partial charge is 0.486 e. The molecule has 0 saturated carbocycles. The Morgan fingerprint density at radius 3 is 2.65 bits per heavy atom. The van der Waals surface area contributed by atoms with Gasteiger partial charge in [0.2, 0.25) is 5.91 Å². The number of carbonyl (C=O) groups is 1. The van der Waals surface area contributed by atoms with Gasteiger partial charge in [-0.2, -0.15) is 0 Å². The number of aryl methyl sites for hydroxylation is 1. The van der Waals surface area contributed by atoms with Gasteiger partial charge in [-0.3, -0.25) is 4.79 Å². The van der Waals surface area contributed by atoms with Crippen molar-refractivity contribution < 1.29 is 9.53 Å². The molecule has 1 amide bonds. The van der Waals surface area contributed by atoms with Gasteiger partial charge in [0.05, 0.1) is 12.2 Å². The smallest absolute Gasteiger partial charge is 0.223 e. The van der Waals surface area contributed by atoms with E-state index in [1.54, 1.807) is 11.3 Å². The maximum absolute atomic E-state index is 12.5. The standard InChI is InChI=1S/C21H30N2O2S/c1-15(2)9-21(24)23(11-16(3)4)12-18-14-26-20(22-18)13-25-19-8-6-7-17(5)10-19/h6-8,10,14-16H,9,11-13H2,1-5H3. The quantitative estimate of drug-likeness (QED) is 0.616. The summed E-state index contributed by atoms with van der Waals surface area (Å²) in [5.74, 6) is 1.87. The number of benzene rings is 1. The molecule has 1 aromatic carbocycles. The predicted octanol–water partition coefficient (Wildman–Crippen LogP) is 5.06. The normalized spacial score (nSPS) is 11.2. The fraction of sp³-hybridized carbons (Fsp3) is 0.524. The van der Waals surface area contributed by atoms with Gasteiger partial charge in [0.1, 0.15) is 17.4 Å². The molecule has 0 aliphatic carbocycles. The van der Waals surface area contributed by atoms with Crippen LogP contribution in [0.5, 0.6) is 5.75 Å². The van der Waals surface area contributed by atoms with Crippen LogP contribution in [0.4, 0.5) is 0 Å². The van der Waals surface area contributed by atoms with E-state index in [1.165, 1.54) is 5.56 Å². The number of hydrogen-bond acceptors (Lipinski definition) is 4. The number of amides is 1. The second-order valence-electron chi connectivity index (χ2n) is 7.60. The molecule has 142 valence electrons. The van der Waals surface area contributed by atoms with Crippen molar-refractivity contribution in [3.63, 3.8) is 0 Å². The lowest BCUT2D eigenvalue weighted by Gasteiger charge is -2.24. The summed E-state index contributed by atoms with van der Waals surface area (Å²) in [7, 11) is 0. The molecule has 0 bridgehead atoms. The van der Waals surface area contributed by atoms with E-state index < -0.39 is 0 Å². The van der Waals surface area contributed by atoms with E-state index in [0.29, 0.717) is 31.4 Å². The van der Waals surface area contributed by atoms with E-state index in [2.05, 4.69) is 32.7 Å². The fourth-order valence-corrected chi connectivity index (χ4v) is 3.40. The summed E-state index contributed by atoms with van der Waals surface area (Å²) in [4.78, 5) is 19.1. The highest BCUT2D eigenvalue weighted by Crippen LogP contribution is 2.18. The summed E-state index contributed by atoms with van der Waals surface area (Å²) < 4.78 is 5.82. The lowest BCUT2D eigenvalue weighted by Crippen LogP contribution is -2.34. The van der Waals surface area contributed by atoms with Crippen LogP contribution in [0.3, 0.4) is 0 Å². The lowest BCUT2D eigenvalue weighted by molar-refractivity contribution is -0.133. The van der Waals surface area contributed by atoms with Gasteiger partial charge in [-0.25, -0.2) is 4.98 Å². The van der Waals surface area contributed by atoms with Gasteiger partial charge in [0, 0.05) is 18.3 Å². The summed E-state index contributed by atoms with van der Waals surface area (Å²) in [6, 6.07) is 8.01. The highest BCUT2D eigenvalue weighted by molar-refractivity contribution is 7.09. The Labute approximate surface area is 161 Å². The molecule has 0 aliphatic heterocycles. The molecule has 0 aliphatic rings. The Morgan fingerprint density at radius 2 is 2.00 bits per heavy atom. The van der Waals surface area contributed by atoms with Crippen LogP contribution in [-0.2, 0) is 17.9 Å². The van der Waals surface area contributed by atoms with Crippen molar-refractivity contribution in [3.05, 3.63) is 45.9 Å². The number of ether oxygens (including phenoxy) is 1. The number of rotatable bonds is 9. The van der Waals surface area contributed by atoms with E-state index in [1.807, 2.05) is 41.5 Å². The van der Waals surface area contributed by atoms with Gasteiger partial charge in [-0.15, -0.1) is 11.3 Å². The van der Waals surface area contributed by atoms with Crippen molar-refractivity contribution in [2.24, 2.45) is 11.8 Å². The highest BCUT2D eigenvalue weighted by Gasteiger charge is 2.18. The van der Waals surface area contributed by atoms with E-state index in [-0.39, 0.29) is 5.91 Å². The van der Waals surface area contributed by atoms with Gasteiger partial charge in [-0.05, 0) is 36.5 Å². The predicted molar refractivity (Wildman–Crippen MR) is 107 cm³/mol. The molecule has 0 spiro atoms. The van der Waals surface area contributed by atoms with Gasteiger partial charge in [0.25, 0.3) is 0 Å². The lowest BCUT2D eigenvalue weighted by atomic mass is 10.1. The molecule has 0 radical (unpaired) electrons. The molecule has 0 N–H and O–H groups in total. The van der Waals surface area contributed by atoms with Crippen molar-refractivity contribution in [1.29, 1.82) is 0 Å². The molecule has 1 aromatic heterocycles. The maximum atomic E-state index is 12.5. The first-order valence-electron chi connectivity index (χ1n) is 9.24. The third kappa shape index (κ3) is 6.79. The van der Waals surface area contributed by atoms with E-state index in [9.17, 15) is 4.79 Å². The third-order valence-electron chi connectivity index (χ3n) is 3.83. The Balaban J connectivity index is 1.96. The first-order chi connectivity index (χ1) is 12.3. The maximum Gasteiger partial charge on any atom is 0.223 e. The first-order valence-corrected chi connectivity index (χ1v) is 10.1. The van der Waals surface area contributed by atoms with Crippen LogP contribution in [0.25, 0.3) is 0 Å². The van der Waals surface area contributed by atoms with Crippen molar-refractivity contribution in [2.45, 2.75) is 54.2 Å². The SMILES string of the molecule is Cc1cccc(OCc2nc(CN(CC(C)C)C(=O)CC(C)C)cs2)c1. The van der Waals surface area contributed by atoms with Crippen LogP contribution in [0.1, 0.15) is 50.4 Å². The summed E-state index contributed by atoms with van der Waals surface area (Å²) in [6.07, 6.45) is 0.584. The van der Waals surface area contributed by atoms with Gasteiger partial charge in [-0.1, -0.05) is 39.8 Å². The number of nitrogens with zero attached hydrogens (tertiary/aromatic N) is 2. The Hall–Kier alpha value is -1.88. The summed E-state index contributed by atoms with van der Waals surface area (Å²) in [5, 5.41) is 2.97. The molecular weight excluding hydrogens is 344 g/mol. The Bertz CT molecular complexity index is 710. The zero-order valence-corrected chi connectivity index (χ0v) is 17.3. The molecule has 0 unspecified atom stereocenters. The number of hydrogen-bond donors (Lipinski definition) is 0. The van der Waals surface area contributed by atoms with Crippen LogP contribution in [-0.4, -0.2) is 22.3 Å². The molecule has 5 heteroatoms. The van der Waals surface area contributed by atoms with Crippen LogP contribution in [0, 0.1) is 18.8 Å². The summed E-state index contributed by atoms with van der Waals surface area (Å²) in [6.45, 7) is 12.3. The minimum atomic E-state index is 0.208. The van der Waals surface area contributed by atoms with Crippen LogP contribution in [0.2, 0.25) is 0 Å². The molecule has 0 fully saturated rings. The molecule has 4 nitrogen and oxygen atoms in total. The Kier molecular flexibility index (Phi) is 7.64. The van der Waals surface area contributed by atoms with Gasteiger partial charge >= 0.3 is 0 Å². The highest BCUT2D eigenvalue weighted by atomic mass is 32.1. The van der Waals surface area contributed by atoms with Crippen LogP contribution in [0.15, 0.2) is 29.6 Å². The average Bonchev–Trinajstić information content (AvgIpc) is 2.99. The molecule has 2 rings (SSSR count). The third-order valence-corrected chi connectivity index (χ3v) is 4.70. The van der Waals surface area contributed by atoms with E-state index >= 15 is 0 Å². The summed E-state index contributed by atoms with van der Waals surface area (Å²) in [5.41, 5.74) is 2.12. The number of aromatic nitrogens is 1. The Morgan fingerprint density at radius 1 is 1.23 bits per heavy atom. The van der Waals surface area contributed by atoms with Crippen LogP contribution >= 0.6 is 11.3 Å². The van der Waals surface area contributed by atoms with Crippen molar-refractivity contribution in [3.8, 4) is 5.75 Å². The van der Waals surface area contributed by atoms with Gasteiger partial charge < -0.3 is 9.64 Å². The zero-order chi connectivity index (χ0) is 19.1. The minimum absolute atomic E-state index is 0.208. The van der Waals surface area contributed by atoms with E-state index in [0.717, 1.165) is 23.0 Å². The topological polar surface area (TPSA) is 42.4 Å². The molecular formula is C21H30N2O2S. The monoisotopic (exact) mass is 374 g/mol. The van der Waals surface area contributed by atoms with Crippen molar-refractivity contribution in [2.75, 3.05) is 6.54 Å². The average molecular weight is 375 g/mol. The second kappa shape index (κ2) is 9.72. The first kappa shape index (κ1) is 20.4. The zero-order valence-electron chi connectivity index (χ0n) is 16.5. The molecule has 2 aromatic rings. The molecule has 0 atom stereocenters. The van der Waals surface area contributed by atoms with Crippen molar-refractivity contribution in [1.82, 2.24) is 9.88 Å². The molecule has 0 saturated heterocycles. The molecule has 1 heterocycles. The summed E-state index contributed by atoms with van der Waals surface area (Å²) >= 11 is 1.59. The molecule has 26 heavy (non-hydrogen) atoms. The van der Waals surface area contributed by atoms with E-state index in [4.69, 9.17) is 4.74 Å². The van der Waals surface area contributed by atoms with Crippen molar-refractivity contribution >= 4 is 17.2 Å². The second-order valence-corrected chi connectivity index (χ2v) is 8.55. The van der Waals surface area contributed by atoms with Crippen LogP contribution < -0.4 is 4.74 Å². The fourth-order valence-electron chi connectivity index (χ4n) is 2.71. The van der Waals surface area contributed by atoms with Gasteiger partial charge in [0.15, 0.2) is 0 Å². The minimum Gasteiger partial charge on any atom is -0.486 e. The number of thiazole rings is 1. The number of carbonyl (C=O) groups excluding carboxylic acids is 1.